The fourth-order valence-electron chi connectivity index (χ4n) is 4.14. The third-order valence-electron chi connectivity index (χ3n) is 6.24. The summed E-state index contributed by atoms with van der Waals surface area (Å²) in [5.41, 5.74) is 3.64. The summed E-state index contributed by atoms with van der Waals surface area (Å²) in [7, 11) is 0. The molecule has 0 saturated carbocycles. The Kier molecular flexibility index (Phi) is 11.5. The summed E-state index contributed by atoms with van der Waals surface area (Å²) in [5, 5.41) is 26.0. The third-order valence-corrected chi connectivity index (χ3v) is 6.24. The lowest BCUT2D eigenvalue weighted by molar-refractivity contribution is -0.193. The van der Waals surface area contributed by atoms with E-state index in [1.54, 1.807) is 18.5 Å². The molecule has 11 nitrogen and oxygen atoms in total. The van der Waals surface area contributed by atoms with Gasteiger partial charge >= 0.3 is 24.3 Å². The van der Waals surface area contributed by atoms with Gasteiger partial charge in [-0.15, -0.1) is 10.2 Å². The minimum absolute atomic E-state index is 0.123. The van der Waals surface area contributed by atoms with Crippen LogP contribution in [0.2, 0.25) is 0 Å². The quantitative estimate of drug-likeness (QED) is 0.262. The second-order valence-electron chi connectivity index (χ2n) is 9.56. The molecule has 4 heterocycles. The molecule has 17 heteroatoms. The molecular formula is C28H26F6N6O5. The Morgan fingerprint density at radius 3 is 2.07 bits per heavy atom. The Morgan fingerprint density at radius 1 is 0.867 bits per heavy atom. The zero-order valence-electron chi connectivity index (χ0n) is 23.2. The molecule has 1 fully saturated rings. The first-order valence-corrected chi connectivity index (χ1v) is 13.0. The summed E-state index contributed by atoms with van der Waals surface area (Å²) >= 11 is 0. The van der Waals surface area contributed by atoms with Crippen LogP contribution < -0.4 is 5.32 Å². The van der Waals surface area contributed by atoms with Crippen LogP contribution in [-0.4, -0.2) is 78.0 Å². The molecule has 1 saturated heterocycles. The second kappa shape index (κ2) is 15.1. The van der Waals surface area contributed by atoms with E-state index in [1.165, 1.54) is 5.56 Å². The maximum atomic E-state index is 12.7. The summed E-state index contributed by atoms with van der Waals surface area (Å²) in [6.45, 7) is 3.35. The maximum absolute atomic E-state index is 12.7. The van der Waals surface area contributed by atoms with Crippen LogP contribution in [0, 0.1) is 0 Å². The number of nitrogens with zero attached hydrogens (tertiary/aromatic N) is 5. The molecule has 45 heavy (non-hydrogen) atoms. The monoisotopic (exact) mass is 640 g/mol. The molecule has 0 bridgehead atoms. The first kappa shape index (κ1) is 34.4. The summed E-state index contributed by atoms with van der Waals surface area (Å²) < 4.78 is 65.4. The number of alkyl halides is 6. The number of pyridine rings is 2. The van der Waals surface area contributed by atoms with Crippen molar-refractivity contribution in [3.8, 4) is 0 Å². The molecule has 3 N–H and O–H groups in total. The lowest BCUT2D eigenvalue weighted by Crippen LogP contribution is -2.23. The summed E-state index contributed by atoms with van der Waals surface area (Å²) in [6.07, 6.45) is -3.81. The van der Waals surface area contributed by atoms with E-state index in [9.17, 15) is 31.1 Å². The van der Waals surface area contributed by atoms with Gasteiger partial charge in [-0.25, -0.2) is 9.59 Å². The molecule has 3 aromatic heterocycles. The van der Waals surface area contributed by atoms with Crippen molar-refractivity contribution in [2.75, 3.05) is 13.1 Å². The molecule has 1 amide bonds. The Bertz CT molecular complexity index is 1560. The molecule has 0 radical (unpaired) electrons. The Labute approximate surface area is 251 Å². The van der Waals surface area contributed by atoms with Crippen molar-refractivity contribution in [1.82, 2.24) is 29.8 Å². The smallest absolute Gasteiger partial charge is 0.475 e. The number of likely N-dealkylation sites (tertiary alicyclic amines) is 1. The first-order chi connectivity index (χ1) is 21.1. The predicted molar refractivity (Wildman–Crippen MR) is 145 cm³/mol. The Morgan fingerprint density at radius 2 is 1.49 bits per heavy atom. The number of hydrogen-bond acceptors (Lipinski definition) is 7. The number of fused-ring (bicyclic) bond motifs is 1. The van der Waals surface area contributed by atoms with Crippen molar-refractivity contribution >= 4 is 23.5 Å². The summed E-state index contributed by atoms with van der Waals surface area (Å²) in [5.74, 6) is -4.41. The number of halogens is 6. The Hall–Kier alpha value is -5.06. The van der Waals surface area contributed by atoms with Gasteiger partial charge in [-0.05, 0) is 42.3 Å². The number of aliphatic carboxylic acids is 2. The highest BCUT2D eigenvalue weighted by Crippen LogP contribution is 2.27. The third kappa shape index (κ3) is 10.6. The van der Waals surface area contributed by atoms with E-state index in [0.29, 0.717) is 18.0 Å². The minimum atomic E-state index is -5.08. The maximum Gasteiger partial charge on any atom is 0.490 e. The molecule has 1 unspecified atom stereocenters. The Balaban J connectivity index is 0.000000331. The molecule has 1 aliphatic heterocycles. The van der Waals surface area contributed by atoms with Crippen LogP contribution in [0.25, 0.3) is 5.65 Å². The van der Waals surface area contributed by atoms with Crippen LogP contribution in [-0.2, 0) is 22.7 Å². The van der Waals surface area contributed by atoms with Gasteiger partial charge in [0.05, 0.1) is 5.56 Å². The molecular weight excluding hydrogens is 614 g/mol. The molecule has 0 aliphatic carbocycles. The number of carbonyl (C=O) groups excluding carboxylic acids is 1. The summed E-state index contributed by atoms with van der Waals surface area (Å²) in [6, 6.07) is 18.0. The molecule has 240 valence electrons. The fourth-order valence-corrected chi connectivity index (χ4v) is 4.14. The normalized spacial score (nSPS) is 14.9. The molecule has 1 aromatic carbocycles. The van der Waals surface area contributed by atoms with E-state index in [-0.39, 0.29) is 5.91 Å². The van der Waals surface area contributed by atoms with Crippen molar-refractivity contribution in [3.63, 3.8) is 0 Å². The fraction of sp³-hybridized carbons (Fsp3) is 0.286. The van der Waals surface area contributed by atoms with Crippen molar-refractivity contribution in [3.05, 3.63) is 95.7 Å². The van der Waals surface area contributed by atoms with E-state index in [1.807, 2.05) is 34.9 Å². The first-order valence-electron chi connectivity index (χ1n) is 13.0. The average molecular weight is 641 g/mol. The van der Waals surface area contributed by atoms with Gasteiger partial charge in [-0.2, -0.15) is 26.3 Å². The van der Waals surface area contributed by atoms with Crippen LogP contribution in [0.5, 0.6) is 0 Å². The second-order valence-corrected chi connectivity index (χ2v) is 9.56. The van der Waals surface area contributed by atoms with Gasteiger partial charge < -0.3 is 15.5 Å². The summed E-state index contributed by atoms with van der Waals surface area (Å²) in [4.78, 5) is 37.0. The van der Waals surface area contributed by atoms with Crippen molar-refractivity contribution in [2.45, 2.75) is 37.8 Å². The predicted octanol–water partition coefficient (Wildman–Crippen LogP) is 4.31. The van der Waals surface area contributed by atoms with E-state index in [4.69, 9.17) is 19.8 Å². The van der Waals surface area contributed by atoms with E-state index in [0.717, 1.165) is 43.1 Å². The van der Waals surface area contributed by atoms with Crippen LogP contribution in [0.15, 0.2) is 73.2 Å². The van der Waals surface area contributed by atoms with E-state index >= 15 is 0 Å². The minimum Gasteiger partial charge on any atom is -0.475 e. The van der Waals surface area contributed by atoms with Gasteiger partial charge in [0.2, 0.25) is 0 Å². The number of amides is 1. The SMILES string of the molecule is O=C(NCc1cccnc1)c1ccc2nnc(C3CCN(Cc4ccccc4)C3)n2c1.O=C(O)C(F)(F)F.O=C(O)C(F)(F)F. The number of hydrogen-bond donors (Lipinski definition) is 3. The van der Waals surface area contributed by atoms with Gasteiger partial charge in [-0.1, -0.05) is 36.4 Å². The largest absolute Gasteiger partial charge is 0.490 e. The van der Waals surface area contributed by atoms with Gasteiger partial charge in [0, 0.05) is 44.1 Å². The van der Waals surface area contributed by atoms with Gasteiger partial charge in [0.25, 0.3) is 5.91 Å². The zero-order valence-corrected chi connectivity index (χ0v) is 23.2. The van der Waals surface area contributed by atoms with Crippen LogP contribution in [0.4, 0.5) is 26.3 Å². The highest BCUT2D eigenvalue weighted by Gasteiger charge is 2.39. The number of rotatable bonds is 6. The van der Waals surface area contributed by atoms with Crippen LogP contribution >= 0.6 is 0 Å². The molecule has 4 aromatic rings. The standard InChI is InChI=1S/C24H24N6O.2C2HF3O2/c31-24(26-14-19-7-4-11-25-13-19)21-8-9-22-27-28-23(30(22)17-21)20-10-12-29(16-20)15-18-5-2-1-3-6-18;2*3-2(4,5)1(6)7/h1-9,11,13,17,20H,10,12,14-16H2,(H,26,31);2*(H,6,7). The lowest BCUT2D eigenvalue weighted by atomic mass is 10.1. The lowest BCUT2D eigenvalue weighted by Gasteiger charge is -2.15. The van der Waals surface area contributed by atoms with Crippen molar-refractivity contribution in [2.24, 2.45) is 0 Å². The number of benzene rings is 1. The van der Waals surface area contributed by atoms with E-state index < -0.39 is 24.3 Å². The number of carboxylic acid groups (broad SMARTS) is 2. The molecule has 5 rings (SSSR count). The number of nitrogens with one attached hydrogen (secondary N) is 1. The topological polar surface area (TPSA) is 150 Å². The average Bonchev–Trinajstić information content (AvgIpc) is 3.63. The highest BCUT2D eigenvalue weighted by atomic mass is 19.4. The number of carbonyl (C=O) groups is 3. The van der Waals surface area contributed by atoms with Crippen molar-refractivity contribution < 1.29 is 50.9 Å². The van der Waals surface area contributed by atoms with E-state index in [2.05, 4.69) is 49.7 Å². The van der Waals surface area contributed by atoms with Gasteiger partial charge in [-0.3, -0.25) is 19.1 Å². The molecule has 0 spiro atoms. The highest BCUT2D eigenvalue weighted by molar-refractivity contribution is 5.94. The van der Waals surface area contributed by atoms with Gasteiger partial charge in [0.15, 0.2) is 5.65 Å². The molecule has 1 atom stereocenters. The number of carboxylic acids is 2. The number of aromatic nitrogens is 4. The molecule has 1 aliphatic rings. The van der Waals surface area contributed by atoms with Crippen molar-refractivity contribution in [1.29, 1.82) is 0 Å². The zero-order chi connectivity index (χ0) is 33.2. The van der Waals surface area contributed by atoms with Gasteiger partial charge in [0.1, 0.15) is 5.82 Å². The van der Waals surface area contributed by atoms with Crippen LogP contribution in [0.1, 0.15) is 39.6 Å². The van der Waals surface area contributed by atoms with Crippen LogP contribution in [0.3, 0.4) is 0 Å².